The van der Waals surface area contributed by atoms with Crippen LogP contribution in [0.1, 0.15) is 47.0 Å². The molecule has 0 amide bonds. The van der Waals surface area contributed by atoms with E-state index in [1.54, 1.807) is 0 Å². The van der Waals surface area contributed by atoms with Crippen LogP contribution in [0.5, 0.6) is 0 Å². The van der Waals surface area contributed by atoms with Crippen molar-refractivity contribution in [3.63, 3.8) is 0 Å². The molecule has 0 aromatic heterocycles. The maximum absolute atomic E-state index is 11.2. The highest BCUT2D eigenvalue weighted by molar-refractivity contribution is 5.73. The highest BCUT2D eigenvalue weighted by atomic mass is 16.5. The first kappa shape index (κ1) is 14.5. The summed E-state index contributed by atoms with van der Waals surface area (Å²) in [5, 5.41) is 12.4. The molecule has 1 heterocycles. The third kappa shape index (κ3) is 3.96. The molecule has 0 aliphatic carbocycles. The standard InChI is InChI=1S/C13H25NO3/c1-5-13(4)8-10(6-7-17-13)14-11(9(2)3)12(15)16/h9-11,14H,5-8H2,1-4H3,(H,15,16). The Bertz CT molecular complexity index is 267. The van der Waals surface area contributed by atoms with Gasteiger partial charge in [0, 0.05) is 12.6 Å². The Balaban J connectivity index is 2.58. The summed E-state index contributed by atoms with van der Waals surface area (Å²) in [4.78, 5) is 11.2. The fourth-order valence-electron chi connectivity index (χ4n) is 2.32. The van der Waals surface area contributed by atoms with Crippen LogP contribution in [0.2, 0.25) is 0 Å². The van der Waals surface area contributed by atoms with E-state index in [2.05, 4.69) is 19.2 Å². The van der Waals surface area contributed by atoms with Crippen molar-refractivity contribution < 1.29 is 14.6 Å². The zero-order valence-electron chi connectivity index (χ0n) is 11.3. The Kier molecular flexibility index (Phi) is 4.95. The van der Waals surface area contributed by atoms with Crippen LogP contribution in [0.3, 0.4) is 0 Å². The van der Waals surface area contributed by atoms with E-state index in [9.17, 15) is 4.79 Å². The monoisotopic (exact) mass is 243 g/mol. The summed E-state index contributed by atoms with van der Waals surface area (Å²) < 4.78 is 5.76. The molecule has 4 heteroatoms. The Morgan fingerprint density at radius 2 is 2.24 bits per heavy atom. The predicted molar refractivity (Wildman–Crippen MR) is 67.1 cm³/mol. The summed E-state index contributed by atoms with van der Waals surface area (Å²) in [5.74, 6) is -0.659. The molecule has 3 atom stereocenters. The lowest BCUT2D eigenvalue weighted by atomic mass is 9.89. The molecule has 1 fully saturated rings. The van der Waals surface area contributed by atoms with Gasteiger partial charge in [-0.15, -0.1) is 0 Å². The SMILES string of the molecule is CCC1(C)CC(NC(C(=O)O)C(C)C)CCO1. The molecule has 17 heavy (non-hydrogen) atoms. The van der Waals surface area contributed by atoms with Gasteiger partial charge in [0.05, 0.1) is 5.60 Å². The molecule has 0 radical (unpaired) electrons. The average molecular weight is 243 g/mol. The first-order valence-electron chi connectivity index (χ1n) is 6.51. The van der Waals surface area contributed by atoms with Crippen LogP contribution >= 0.6 is 0 Å². The molecule has 1 aliphatic rings. The molecule has 2 N–H and O–H groups in total. The highest BCUT2D eigenvalue weighted by Crippen LogP contribution is 2.28. The molecule has 1 rings (SSSR count). The van der Waals surface area contributed by atoms with E-state index in [0.29, 0.717) is 6.61 Å². The number of aliphatic carboxylic acids is 1. The van der Waals surface area contributed by atoms with Crippen molar-refractivity contribution in [3.05, 3.63) is 0 Å². The second-order valence-electron chi connectivity index (χ2n) is 5.57. The molecule has 4 nitrogen and oxygen atoms in total. The van der Waals surface area contributed by atoms with Crippen molar-refractivity contribution in [1.82, 2.24) is 5.32 Å². The van der Waals surface area contributed by atoms with Crippen molar-refractivity contribution in [3.8, 4) is 0 Å². The van der Waals surface area contributed by atoms with Crippen LogP contribution in [0, 0.1) is 5.92 Å². The van der Waals surface area contributed by atoms with E-state index < -0.39 is 12.0 Å². The van der Waals surface area contributed by atoms with Gasteiger partial charge in [-0.05, 0) is 32.1 Å². The number of carboxylic acids is 1. The Morgan fingerprint density at radius 1 is 1.59 bits per heavy atom. The highest BCUT2D eigenvalue weighted by Gasteiger charge is 2.34. The number of rotatable bonds is 5. The smallest absolute Gasteiger partial charge is 0.320 e. The summed E-state index contributed by atoms with van der Waals surface area (Å²) in [5.41, 5.74) is -0.101. The maximum Gasteiger partial charge on any atom is 0.320 e. The molecule has 100 valence electrons. The van der Waals surface area contributed by atoms with Crippen LogP contribution in [0.15, 0.2) is 0 Å². The fourth-order valence-corrected chi connectivity index (χ4v) is 2.32. The first-order valence-corrected chi connectivity index (χ1v) is 6.51. The summed E-state index contributed by atoms with van der Waals surface area (Å²) in [6.45, 7) is 8.80. The largest absolute Gasteiger partial charge is 0.480 e. The summed E-state index contributed by atoms with van der Waals surface area (Å²) in [6, 6.07) is -0.212. The van der Waals surface area contributed by atoms with E-state index >= 15 is 0 Å². The van der Waals surface area contributed by atoms with Gasteiger partial charge >= 0.3 is 5.97 Å². The number of hydrogen-bond donors (Lipinski definition) is 2. The molecule has 0 bridgehead atoms. The van der Waals surface area contributed by atoms with Gasteiger partial charge in [-0.3, -0.25) is 4.79 Å². The maximum atomic E-state index is 11.2. The van der Waals surface area contributed by atoms with Gasteiger partial charge in [-0.25, -0.2) is 0 Å². The van der Waals surface area contributed by atoms with Gasteiger partial charge in [-0.2, -0.15) is 0 Å². The number of ether oxygens (including phenoxy) is 1. The van der Waals surface area contributed by atoms with E-state index in [1.165, 1.54) is 0 Å². The minimum Gasteiger partial charge on any atom is -0.480 e. The zero-order chi connectivity index (χ0) is 13.1. The number of nitrogens with one attached hydrogen (secondary N) is 1. The Hall–Kier alpha value is -0.610. The van der Waals surface area contributed by atoms with Gasteiger partial charge in [0.1, 0.15) is 6.04 Å². The van der Waals surface area contributed by atoms with Crippen LogP contribution in [0.4, 0.5) is 0 Å². The summed E-state index contributed by atoms with van der Waals surface area (Å²) in [7, 11) is 0. The van der Waals surface area contributed by atoms with E-state index in [4.69, 9.17) is 9.84 Å². The van der Waals surface area contributed by atoms with Crippen molar-refractivity contribution in [1.29, 1.82) is 0 Å². The van der Waals surface area contributed by atoms with Gasteiger partial charge in [0.15, 0.2) is 0 Å². The lowest BCUT2D eigenvalue weighted by Crippen LogP contribution is -2.52. The van der Waals surface area contributed by atoms with Crippen molar-refractivity contribution in [2.75, 3.05) is 6.61 Å². The quantitative estimate of drug-likeness (QED) is 0.775. The lowest BCUT2D eigenvalue weighted by Gasteiger charge is -2.39. The van der Waals surface area contributed by atoms with Crippen LogP contribution in [-0.4, -0.2) is 35.4 Å². The number of carbonyl (C=O) groups is 1. The topological polar surface area (TPSA) is 58.6 Å². The van der Waals surface area contributed by atoms with E-state index in [-0.39, 0.29) is 17.6 Å². The van der Waals surface area contributed by atoms with Crippen molar-refractivity contribution in [2.24, 2.45) is 5.92 Å². The average Bonchev–Trinajstić information content (AvgIpc) is 2.25. The van der Waals surface area contributed by atoms with Gasteiger partial charge in [0.25, 0.3) is 0 Å². The first-order chi connectivity index (χ1) is 7.88. The van der Waals surface area contributed by atoms with Gasteiger partial charge in [0.2, 0.25) is 0 Å². The van der Waals surface area contributed by atoms with Crippen LogP contribution < -0.4 is 5.32 Å². The molecule has 0 spiro atoms. The van der Waals surface area contributed by atoms with Gasteiger partial charge in [-0.1, -0.05) is 20.8 Å². The molecular weight excluding hydrogens is 218 g/mol. The van der Waals surface area contributed by atoms with Crippen molar-refractivity contribution >= 4 is 5.97 Å². The zero-order valence-corrected chi connectivity index (χ0v) is 11.3. The normalized spacial score (nSPS) is 31.5. The molecule has 0 saturated carbocycles. The number of hydrogen-bond acceptors (Lipinski definition) is 3. The lowest BCUT2D eigenvalue weighted by molar-refractivity contribution is -0.142. The van der Waals surface area contributed by atoms with Gasteiger partial charge < -0.3 is 15.2 Å². The molecule has 1 saturated heterocycles. The van der Waals surface area contributed by atoms with E-state index in [0.717, 1.165) is 19.3 Å². The number of carboxylic acid groups (broad SMARTS) is 1. The minimum atomic E-state index is -0.760. The Morgan fingerprint density at radius 3 is 2.71 bits per heavy atom. The predicted octanol–water partition coefficient (Wildman–Crippen LogP) is 2.03. The second kappa shape index (κ2) is 5.83. The molecule has 3 unspecified atom stereocenters. The van der Waals surface area contributed by atoms with Crippen LogP contribution in [0.25, 0.3) is 0 Å². The second-order valence-corrected chi connectivity index (χ2v) is 5.57. The molecule has 0 aromatic rings. The van der Waals surface area contributed by atoms with Crippen molar-refractivity contribution in [2.45, 2.75) is 64.6 Å². The fraction of sp³-hybridized carbons (Fsp3) is 0.923. The van der Waals surface area contributed by atoms with Crippen LogP contribution in [-0.2, 0) is 9.53 Å². The summed E-state index contributed by atoms with van der Waals surface area (Å²) >= 11 is 0. The third-order valence-corrected chi connectivity index (χ3v) is 3.69. The summed E-state index contributed by atoms with van der Waals surface area (Å²) in [6.07, 6.45) is 2.75. The molecule has 1 aliphatic heterocycles. The Labute approximate surface area is 104 Å². The third-order valence-electron chi connectivity index (χ3n) is 3.69. The van der Waals surface area contributed by atoms with E-state index in [1.807, 2.05) is 13.8 Å². The molecular formula is C13H25NO3. The minimum absolute atomic E-state index is 0.100. The molecule has 0 aromatic carbocycles.